The van der Waals surface area contributed by atoms with Crippen LogP contribution < -0.4 is 0 Å². The molecule has 0 radical (unpaired) electrons. The van der Waals surface area contributed by atoms with E-state index in [2.05, 4.69) is 13.8 Å². The first-order valence-corrected chi connectivity index (χ1v) is 5.74. The standard InChI is InChI=1S/C12H21NO3/c1-9-7-11(16-8-10(9)2)5-6-12(3,4)13(14)15/h11H,5-8H2,1-4H3. The van der Waals surface area contributed by atoms with Gasteiger partial charge >= 0.3 is 0 Å². The van der Waals surface area contributed by atoms with Crippen molar-refractivity contribution >= 4 is 0 Å². The molecule has 1 unspecified atom stereocenters. The average Bonchev–Trinajstić information content (AvgIpc) is 2.20. The Balaban J connectivity index is 2.44. The Bertz CT molecular complexity index is 307. The van der Waals surface area contributed by atoms with Gasteiger partial charge in [-0.15, -0.1) is 0 Å². The van der Waals surface area contributed by atoms with E-state index in [1.807, 2.05) is 0 Å². The Labute approximate surface area is 96.8 Å². The van der Waals surface area contributed by atoms with Crippen LogP contribution in [0.4, 0.5) is 0 Å². The van der Waals surface area contributed by atoms with Crippen LogP contribution >= 0.6 is 0 Å². The minimum Gasteiger partial charge on any atom is -0.374 e. The van der Waals surface area contributed by atoms with Crippen molar-refractivity contribution in [1.82, 2.24) is 0 Å². The summed E-state index contributed by atoms with van der Waals surface area (Å²) in [6, 6.07) is 0. The summed E-state index contributed by atoms with van der Waals surface area (Å²) in [5.41, 5.74) is 1.83. The molecule has 0 fully saturated rings. The van der Waals surface area contributed by atoms with Gasteiger partial charge in [-0.3, -0.25) is 10.1 Å². The molecule has 0 aromatic heterocycles. The van der Waals surface area contributed by atoms with Crippen molar-refractivity contribution in [3.63, 3.8) is 0 Å². The molecule has 1 aliphatic heterocycles. The highest BCUT2D eigenvalue weighted by Crippen LogP contribution is 2.25. The Morgan fingerprint density at radius 3 is 2.56 bits per heavy atom. The lowest BCUT2D eigenvalue weighted by molar-refractivity contribution is -0.562. The monoisotopic (exact) mass is 227 g/mol. The SMILES string of the molecule is CC1=C(C)CC(CCC(C)(C)[N+](=O)[O-])OC1. The maximum Gasteiger partial charge on any atom is 0.216 e. The van der Waals surface area contributed by atoms with Gasteiger partial charge in [0.15, 0.2) is 0 Å². The highest BCUT2D eigenvalue weighted by Gasteiger charge is 2.31. The quantitative estimate of drug-likeness (QED) is 0.421. The van der Waals surface area contributed by atoms with Gasteiger partial charge in [0.1, 0.15) is 0 Å². The second-order valence-electron chi connectivity index (χ2n) is 5.31. The molecule has 0 N–H and O–H groups in total. The first-order chi connectivity index (χ1) is 7.33. The van der Waals surface area contributed by atoms with Crippen LogP contribution in [0.25, 0.3) is 0 Å². The van der Waals surface area contributed by atoms with Crippen LogP contribution in [0.3, 0.4) is 0 Å². The van der Waals surface area contributed by atoms with Gasteiger partial charge in [0.05, 0.1) is 12.7 Å². The van der Waals surface area contributed by atoms with Gasteiger partial charge in [0, 0.05) is 25.2 Å². The van der Waals surface area contributed by atoms with Crippen molar-refractivity contribution in [3.05, 3.63) is 21.3 Å². The molecule has 1 aliphatic rings. The summed E-state index contributed by atoms with van der Waals surface area (Å²) in [4.78, 5) is 10.6. The highest BCUT2D eigenvalue weighted by molar-refractivity contribution is 5.13. The molecule has 0 aromatic rings. The van der Waals surface area contributed by atoms with E-state index in [0.717, 1.165) is 12.8 Å². The molecule has 0 amide bonds. The molecule has 0 spiro atoms. The van der Waals surface area contributed by atoms with E-state index >= 15 is 0 Å². The molecule has 1 heterocycles. The molecule has 4 nitrogen and oxygen atoms in total. The van der Waals surface area contributed by atoms with Gasteiger partial charge in [0.25, 0.3) is 0 Å². The molecule has 0 saturated heterocycles. The van der Waals surface area contributed by atoms with Crippen molar-refractivity contribution < 1.29 is 9.66 Å². The van der Waals surface area contributed by atoms with E-state index < -0.39 is 5.54 Å². The van der Waals surface area contributed by atoms with Crippen LogP contribution in [0, 0.1) is 10.1 Å². The van der Waals surface area contributed by atoms with Gasteiger partial charge in [-0.1, -0.05) is 5.57 Å². The number of hydrogen-bond acceptors (Lipinski definition) is 3. The summed E-state index contributed by atoms with van der Waals surface area (Å²) in [5, 5.41) is 10.8. The second-order valence-corrected chi connectivity index (χ2v) is 5.31. The fourth-order valence-corrected chi connectivity index (χ4v) is 1.73. The van der Waals surface area contributed by atoms with Crippen molar-refractivity contribution in [2.75, 3.05) is 6.61 Å². The third kappa shape index (κ3) is 3.30. The lowest BCUT2D eigenvalue weighted by Gasteiger charge is -2.26. The smallest absolute Gasteiger partial charge is 0.216 e. The first-order valence-electron chi connectivity index (χ1n) is 5.74. The van der Waals surface area contributed by atoms with E-state index in [9.17, 15) is 10.1 Å². The van der Waals surface area contributed by atoms with Gasteiger partial charge in [-0.25, -0.2) is 0 Å². The molecule has 0 saturated carbocycles. The van der Waals surface area contributed by atoms with Crippen LogP contribution in [0.2, 0.25) is 0 Å². The van der Waals surface area contributed by atoms with E-state index in [0.29, 0.717) is 13.0 Å². The normalized spacial score (nSPS) is 22.4. The van der Waals surface area contributed by atoms with Crippen molar-refractivity contribution in [3.8, 4) is 0 Å². The average molecular weight is 227 g/mol. The van der Waals surface area contributed by atoms with E-state index in [-0.39, 0.29) is 11.0 Å². The van der Waals surface area contributed by atoms with Crippen LogP contribution in [-0.2, 0) is 4.74 Å². The number of hydrogen-bond donors (Lipinski definition) is 0. The maximum atomic E-state index is 10.8. The van der Waals surface area contributed by atoms with Gasteiger partial charge in [-0.2, -0.15) is 0 Å². The van der Waals surface area contributed by atoms with Gasteiger partial charge in [0.2, 0.25) is 5.54 Å². The molecular weight excluding hydrogens is 206 g/mol. The molecule has 1 rings (SSSR count). The van der Waals surface area contributed by atoms with Crippen LogP contribution in [0.1, 0.15) is 47.0 Å². The molecule has 1 atom stereocenters. The minimum atomic E-state index is -0.840. The molecule has 0 aromatic carbocycles. The molecular formula is C12H21NO3. The summed E-state index contributed by atoms with van der Waals surface area (Å²) >= 11 is 0. The van der Waals surface area contributed by atoms with Crippen LogP contribution in [0.15, 0.2) is 11.1 Å². The Morgan fingerprint density at radius 2 is 2.06 bits per heavy atom. The molecule has 92 valence electrons. The molecule has 0 aliphatic carbocycles. The Morgan fingerprint density at radius 1 is 1.44 bits per heavy atom. The predicted octanol–water partition coefficient (Wildman–Crippen LogP) is 2.95. The minimum absolute atomic E-state index is 0.155. The number of nitro groups is 1. The third-order valence-electron chi connectivity index (χ3n) is 3.37. The zero-order valence-corrected chi connectivity index (χ0v) is 10.6. The summed E-state index contributed by atoms with van der Waals surface area (Å²) in [5.74, 6) is 0. The highest BCUT2D eigenvalue weighted by atomic mass is 16.6. The van der Waals surface area contributed by atoms with Crippen molar-refractivity contribution in [1.29, 1.82) is 0 Å². The third-order valence-corrected chi connectivity index (χ3v) is 3.37. The Kier molecular flexibility index (Phi) is 4.08. The zero-order chi connectivity index (χ0) is 12.3. The van der Waals surface area contributed by atoms with E-state index in [1.54, 1.807) is 13.8 Å². The fourth-order valence-electron chi connectivity index (χ4n) is 1.73. The van der Waals surface area contributed by atoms with E-state index in [4.69, 9.17) is 4.74 Å². The molecule has 4 heteroatoms. The first kappa shape index (κ1) is 13.2. The molecule has 16 heavy (non-hydrogen) atoms. The largest absolute Gasteiger partial charge is 0.374 e. The van der Waals surface area contributed by atoms with E-state index in [1.165, 1.54) is 11.1 Å². The van der Waals surface area contributed by atoms with Crippen molar-refractivity contribution in [2.45, 2.75) is 58.6 Å². The van der Waals surface area contributed by atoms with Gasteiger partial charge < -0.3 is 4.74 Å². The summed E-state index contributed by atoms with van der Waals surface area (Å²) in [7, 11) is 0. The predicted molar refractivity (Wildman–Crippen MR) is 63.0 cm³/mol. The Hall–Kier alpha value is -0.900. The topological polar surface area (TPSA) is 52.4 Å². The number of rotatable bonds is 4. The van der Waals surface area contributed by atoms with Gasteiger partial charge in [-0.05, 0) is 32.3 Å². The summed E-state index contributed by atoms with van der Waals surface area (Å²) in [6.45, 7) is 8.21. The zero-order valence-electron chi connectivity index (χ0n) is 10.6. The number of nitrogens with zero attached hydrogens (tertiary/aromatic N) is 1. The van der Waals surface area contributed by atoms with Crippen LogP contribution in [0.5, 0.6) is 0 Å². The summed E-state index contributed by atoms with van der Waals surface area (Å²) in [6.07, 6.45) is 2.40. The maximum absolute atomic E-state index is 10.8. The lowest BCUT2D eigenvalue weighted by Crippen LogP contribution is -2.33. The second kappa shape index (κ2) is 4.95. The number of ether oxygens (including phenoxy) is 1. The van der Waals surface area contributed by atoms with Crippen LogP contribution in [-0.4, -0.2) is 23.2 Å². The van der Waals surface area contributed by atoms with Crippen molar-refractivity contribution in [2.24, 2.45) is 0 Å². The molecule has 0 bridgehead atoms. The lowest BCUT2D eigenvalue weighted by atomic mass is 9.93. The summed E-state index contributed by atoms with van der Waals surface area (Å²) < 4.78 is 5.66. The fraction of sp³-hybridized carbons (Fsp3) is 0.833.